The Bertz CT molecular complexity index is 415. The molecule has 3 nitrogen and oxygen atoms in total. The fourth-order valence-corrected chi connectivity index (χ4v) is 1.18. The Labute approximate surface area is 88.5 Å². The molecule has 1 aromatic carbocycles. The summed E-state index contributed by atoms with van der Waals surface area (Å²) in [6.07, 6.45) is -3.77. The van der Waals surface area contributed by atoms with Crippen LogP contribution in [0.5, 0.6) is 5.75 Å². The summed E-state index contributed by atoms with van der Waals surface area (Å²) in [5.41, 5.74) is -1.35. The van der Waals surface area contributed by atoms with Crippen molar-refractivity contribution in [3.63, 3.8) is 0 Å². The lowest BCUT2D eigenvalue weighted by Gasteiger charge is -2.12. The SMILES string of the molecule is COc1c(C=NN)ccc(C(F)(F)F)c1F. The Morgan fingerprint density at radius 1 is 1.38 bits per heavy atom. The number of hydrogen-bond acceptors (Lipinski definition) is 3. The quantitative estimate of drug-likeness (QED) is 0.370. The van der Waals surface area contributed by atoms with Gasteiger partial charge in [0, 0.05) is 5.56 Å². The van der Waals surface area contributed by atoms with E-state index in [-0.39, 0.29) is 5.56 Å². The van der Waals surface area contributed by atoms with Crippen LogP contribution in [-0.2, 0) is 6.18 Å². The molecule has 0 radical (unpaired) electrons. The molecule has 1 rings (SSSR count). The van der Waals surface area contributed by atoms with Gasteiger partial charge in [0.05, 0.1) is 18.9 Å². The van der Waals surface area contributed by atoms with Crippen LogP contribution in [0.4, 0.5) is 17.6 Å². The van der Waals surface area contributed by atoms with E-state index in [1.54, 1.807) is 0 Å². The van der Waals surface area contributed by atoms with Gasteiger partial charge in [0.25, 0.3) is 0 Å². The van der Waals surface area contributed by atoms with E-state index in [2.05, 4.69) is 9.84 Å². The van der Waals surface area contributed by atoms with Crippen molar-refractivity contribution in [2.75, 3.05) is 7.11 Å². The van der Waals surface area contributed by atoms with Crippen LogP contribution in [0.25, 0.3) is 0 Å². The summed E-state index contributed by atoms with van der Waals surface area (Å²) in [6.45, 7) is 0. The van der Waals surface area contributed by atoms with E-state index in [0.29, 0.717) is 6.07 Å². The molecule has 1 aromatic rings. The summed E-state index contributed by atoms with van der Waals surface area (Å²) in [6, 6.07) is 1.63. The summed E-state index contributed by atoms with van der Waals surface area (Å²) in [7, 11) is 1.06. The van der Waals surface area contributed by atoms with E-state index < -0.39 is 23.3 Å². The maximum Gasteiger partial charge on any atom is 0.419 e. The molecule has 0 atom stereocenters. The number of methoxy groups -OCH3 is 1. The summed E-state index contributed by atoms with van der Waals surface area (Å²) in [4.78, 5) is 0. The molecule has 0 aliphatic carbocycles. The van der Waals surface area contributed by atoms with Crippen molar-refractivity contribution < 1.29 is 22.3 Å². The van der Waals surface area contributed by atoms with Crippen LogP contribution >= 0.6 is 0 Å². The third-order valence-electron chi connectivity index (χ3n) is 1.85. The van der Waals surface area contributed by atoms with Gasteiger partial charge in [0.2, 0.25) is 0 Å². The molecule has 0 fully saturated rings. The predicted molar refractivity (Wildman–Crippen MR) is 49.7 cm³/mol. The van der Waals surface area contributed by atoms with E-state index in [0.717, 1.165) is 19.4 Å². The van der Waals surface area contributed by atoms with E-state index in [1.807, 2.05) is 0 Å². The van der Waals surface area contributed by atoms with Gasteiger partial charge in [0.15, 0.2) is 11.6 Å². The number of nitrogens with zero attached hydrogens (tertiary/aromatic N) is 1. The molecule has 0 amide bonds. The second-order valence-corrected chi connectivity index (χ2v) is 2.83. The average Bonchev–Trinajstić information content (AvgIpc) is 2.16. The zero-order chi connectivity index (χ0) is 12.3. The topological polar surface area (TPSA) is 47.6 Å². The second-order valence-electron chi connectivity index (χ2n) is 2.83. The number of halogens is 4. The van der Waals surface area contributed by atoms with Crippen LogP contribution in [0.3, 0.4) is 0 Å². The van der Waals surface area contributed by atoms with Gasteiger partial charge in [-0.3, -0.25) is 0 Å². The van der Waals surface area contributed by atoms with Crippen molar-refractivity contribution >= 4 is 6.21 Å². The Kier molecular flexibility index (Phi) is 3.36. The molecule has 0 aliphatic heterocycles. The van der Waals surface area contributed by atoms with Crippen molar-refractivity contribution in [1.82, 2.24) is 0 Å². The second kappa shape index (κ2) is 4.38. The van der Waals surface area contributed by atoms with E-state index >= 15 is 0 Å². The fourth-order valence-electron chi connectivity index (χ4n) is 1.18. The lowest BCUT2D eigenvalue weighted by Crippen LogP contribution is -2.10. The van der Waals surface area contributed by atoms with Crippen LogP contribution in [-0.4, -0.2) is 13.3 Å². The third kappa shape index (κ3) is 2.23. The number of rotatable bonds is 2. The smallest absolute Gasteiger partial charge is 0.419 e. The van der Waals surface area contributed by atoms with E-state index in [9.17, 15) is 17.6 Å². The van der Waals surface area contributed by atoms with Crippen LogP contribution in [0.2, 0.25) is 0 Å². The average molecular weight is 236 g/mol. The van der Waals surface area contributed by atoms with Gasteiger partial charge in [-0.1, -0.05) is 0 Å². The lowest BCUT2D eigenvalue weighted by atomic mass is 10.1. The largest absolute Gasteiger partial charge is 0.493 e. The molecule has 0 aromatic heterocycles. The van der Waals surface area contributed by atoms with Gasteiger partial charge < -0.3 is 10.6 Å². The summed E-state index contributed by atoms with van der Waals surface area (Å²) in [5.74, 6) is 2.81. The highest BCUT2D eigenvalue weighted by molar-refractivity contribution is 5.83. The molecule has 0 heterocycles. The highest BCUT2D eigenvalue weighted by Crippen LogP contribution is 2.36. The third-order valence-corrected chi connectivity index (χ3v) is 1.85. The Morgan fingerprint density at radius 2 is 2.00 bits per heavy atom. The molecule has 0 aliphatic rings. The Balaban J connectivity index is 3.40. The number of benzene rings is 1. The minimum atomic E-state index is -4.77. The van der Waals surface area contributed by atoms with Gasteiger partial charge in [-0.15, -0.1) is 0 Å². The van der Waals surface area contributed by atoms with Gasteiger partial charge in [-0.2, -0.15) is 18.3 Å². The van der Waals surface area contributed by atoms with Crippen molar-refractivity contribution in [2.24, 2.45) is 10.9 Å². The van der Waals surface area contributed by atoms with Crippen molar-refractivity contribution in [1.29, 1.82) is 0 Å². The van der Waals surface area contributed by atoms with Crippen LogP contribution in [0.15, 0.2) is 17.2 Å². The van der Waals surface area contributed by atoms with Gasteiger partial charge in [-0.05, 0) is 12.1 Å². The normalized spacial score (nSPS) is 12.1. The Hall–Kier alpha value is -1.79. The predicted octanol–water partition coefficient (Wildman–Crippen LogP) is 2.15. The summed E-state index contributed by atoms with van der Waals surface area (Å²) >= 11 is 0. The fraction of sp³-hybridized carbons (Fsp3) is 0.222. The lowest BCUT2D eigenvalue weighted by molar-refractivity contribution is -0.140. The first-order chi connectivity index (χ1) is 7.41. The zero-order valence-corrected chi connectivity index (χ0v) is 8.18. The van der Waals surface area contributed by atoms with E-state index in [1.165, 1.54) is 0 Å². The standard InChI is InChI=1S/C9H8F4N2O/c1-16-8-5(4-15-14)2-3-6(7(8)10)9(11,12)13/h2-4H,14H2,1H3. The zero-order valence-electron chi connectivity index (χ0n) is 8.18. The first-order valence-corrected chi connectivity index (χ1v) is 4.08. The van der Waals surface area contributed by atoms with Gasteiger partial charge >= 0.3 is 6.18 Å². The van der Waals surface area contributed by atoms with Crippen molar-refractivity contribution in [3.8, 4) is 5.75 Å². The van der Waals surface area contributed by atoms with Crippen LogP contribution < -0.4 is 10.6 Å². The summed E-state index contributed by atoms with van der Waals surface area (Å²) in [5, 5.41) is 3.09. The number of hydrazone groups is 1. The molecular weight excluding hydrogens is 228 g/mol. The van der Waals surface area contributed by atoms with Gasteiger partial charge in [0.1, 0.15) is 0 Å². The Morgan fingerprint density at radius 3 is 2.44 bits per heavy atom. The molecule has 0 bridgehead atoms. The molecule has 7 heteroatoms. The number of hydrogen-bond donors (Lipinski definition) is 1. The van der Waals surface area contributed by atoms with Crippen molar-refractivity contribution in [2.45, 2.75) is 6.18 Å². The van der Waals surface area contributed by atoms with Gasteiger partial charge in [-0.25, -0.2) is 4.39 Å². The monoisotopic (exact) mass is 236 g/mol. The maximum absolute atomic E-state index is 13.4. The van der Waals surface area contributed by atoms with Crippen LogP contribution in [0.1, 0.15) is 11.1 Å². The van der Waals surface area contributed by atoms with Crippen LogP contribution in [0, 0.1) is 5.82 Å². The number of ether oxygens (including phenoxy) is 1. The molecule has 0 spiro atoms. The molecule has 0 saturated heterocycles. The molecule has 2 N–H and O–H groups in total. The molecule has 16 heavy (non-hydrogen) atoms. The molecule has 0 unspecified atom stereocenters. The molecule has 88 valence electrons. The van der Waals surface area contributed by atoms with E-state index in [4.69, 9.17) is 5.84 Å². The first kappa shape index (κ1) is 12.3. The molecule has 0 saturated carbocycles. The minimum Gasteiger partial charge on any atom is -0.493 e. The number of nitrogens with two attached hydrogens (primary N) is 1. The summed E-state index contributed by atoms with van der Waals surface area (Å²) < 4.78 is 54.9. The molecular formula is C9H8F4N2O. The maximum atomic E-state index is 13.4. The highest BCUT2D eigenvalue weighted by Gasteiger charge is 2.35. The highest BCUT2D eigenvalue weighted by atomic mass is 19.4. The number of alkyl halides is 3. The first-order valence-electron chi connectivity index (χ1n) is 4.08. The van der Waals surface area contributed by atoms with Crippen molar-refractivity contribution in [3.05, 3.63) is 29.1 Å². The minimum absolute atomic E-state index is 0.0375.